The Labute approximate surface area is 190 Å². The van der Waals surface area contributed by atoms with Gasteiger partial charge in [-0.15, -0.1) is 11.8 Å². The minimum atomic E-state index is -3.66. The third kappa shape index (κ3) is 6.98. The van der Waals surface area contributed by atoms with Crippen molar-refractivity contribution in [3.05, 3.63) is 47.5 Å². The summed E-state index contributed by atoms with van der Waals surface area (Å²) in [6, 6.07) is 10.9. The lowest BCUT2D eigenvalue weighted by Gasteiger charge is -2.23. The van der Waals surface area contributed by atoms with E-state index in [1.165, 1.54) is 18.3 Å². The van der Waals surface area contributed by atoms with Crippen molar-refractivity contribution in [2.24, 2.45) is 0 Å². The van der Waals surface area contributed by atoms with Crippen LogP contribution in [0.3, 0.4) is 0 Å². The highest BCUT2D eigenvalue weighted by Gasteiger charge is 2.27. The van der Waals surface area contributed by atoms with E-state index in [-0.39, 0.29) is 17.3 Å². The molecular formula is C23H31NO5S2. The van der Waals surface area contributed by atoms with Gasteiger partial charge in [0.1, 0.15) is 23.0 Å². The number of carbonyl (C=O) groups excluding carboxylic acids is 1. The predicted octanol–water partition coefficient (Wildman–Crippen LogP) is 4.47. The first-order valence-corrected chi connectivity index (χ1v) is 12.6. The Morgan fingerprint density at radius 3 is 2.42 bits per heavy atom. The van der Waals surface area contributed by atoms with Gasteiger partial charge in [0.05, 0.1) is 7.11 Å². The van der Waals surface area contributed by atoms with E-state index in [0.717, 1.165) is 22.4 Å². The lowest BCUT2D eigenvalue weighted by molar-refractivity contribution is -0.118. The quantitative estimate of drug-likeness (QED) is 0.431. The molecule has 0 bridgehead atoms. The van der Waals surface area contributed by atoms with Crippen LogP contribution in [0.5, 0.6) is 11.5 Å². The number of hydrogen-bond acceptors (Lipinski definition) is 6. The zero-order valence-electron chi connectivity index (χ0n) is 18.8. The third-order valence-electron chi connectivity index (χ3n) is 4.60. The molecule has 0 spiro atoms. The van der Waals surface area contributed by atoms with Gasteiger partial charge >= 0.3 is 0 Å². The summed E-state index contributed by atoms with van der Waals surface area (Å²) in [5.74, 6) is 1.63. The molecule has 0 aliphatic heterocycles. The third-order valence-corrected chi connectivity index (χ3v) is 7.51. The van der Waals surface area contributed by atoms with Gasteiger partial charge in [0.2, 0.25) is 10.0 Å². The fourth-order valence-corrected chi connectivity index (χ4v) is 5.80. The Hall–Kier alpha value is -2.03. The van der Waals surface area contributed by atoms with E-state index in [1.54, 1.807) is 30.0 Å². The smallest absolute Gasteiger partial charge is 0.246 e. The number of nitrogens with zero attached hydrogens (tertiary/aromatic N) is 1. The first kappa shape index (κ1) is 25.2. The van der Waals surface area contributed by atoms with Crippen LogP contribution in [0, 0.1) is 13.8 Å². The summed E-state index contributed by atoms with van der Waals surface area (Å²) < 4.78 is 38.9. The number of aryl methyl sites for hydroxylation is 2. The standard InChI is InChI=1S/C23H31NO5S2/c1-6-11-24(31(26,27)23-10-7-17(2)14-22(23)28-5)12-13-30-20-8-9-21(18(3)15-20)29-16-19(4)25/h7-10,14-15H,6,11-13,16H2,1-5H3. The van der Waals surface area contributed by atoms with E-state index in [1.807, 2.05) is 39.0 Å². The summed E-state index contributed by atoms with van der Waals surface area (Å²) in [6.45, 7) is 8.16. The maximum absolute atomic E-state index is 13.3. The largest absolute Gasteiger partial charge is 0.495 e. The predicted molar refractivity (Wildman–Crippen MR) is 125 cm³/mol. The van der Waals surface area contributed by atoms with Gasteiger partial charge in [-0.1, -0.05) is 13.0 Å². The molecule has 0 atom stereocenters. The van der Waals surface area contributed by atoms with Crippen LogP contribution in [-0.2, 0) is 14.8 Å². The van der Waals surface area contributed by atoms with Gasteiger partial charge < -0.3 is 9.47 Å². The molecule has 0 N–H and O–H groups in total. The molecule has 2 aromatic carbocycles. The van der Waals surface area contributed by atoms with Crippen molar-refractivity contribution >= 4 is 27.6 Å². The molecular weight excluding hydrogens is 434 g/mol. The molecule has 0 aliphatic rings. The van der Waals surface area contributed by atoms with Crippen molar-refractivity contribution in [1.82, 2.24) is 4.31 Å². The molecule has 0 saturated carbocycles. The van der Waals surface area contributed by atoms with Crippen LogP contribution in [0.25, 0.3) is 0 Å². The van der Waals surface area contributed by atoms with Crippen molar-refractivity contribution in [3.63, 3.8) is 0 Å². The number of ether oxygens (including phenoxy) is 2. The molecule has 170 valence electrons. The van der Waals surface area contributed by atoms with E-state index >= 15 is 0 Å². The van der Waals surface area contributed by atoms with E-state index in [9.17, 15) is 13.2 Å². The molecule has 0 heterocycles. The number of rotatable bonds is 12. The van der Waals surface area contributed by atoms with E-state index in [0.29, 0.717) is 30.3 Å². The molecule has 0 aromatic heterocycles. The van der Waals surface area contributed by atoms with Crippen molar-refractivity contribution < 1.29 is 22.7 Å². The number of methoxy groups -OCH3 is 1. The minimum Gasteiger partial charge on any atom is -0.495 e. The number of thioether (sulfide) groups is 1. The van der Waals surface area contributed by atoms with Crippen LogP contribution >= 0.6 is 11.8 Å². The second kappa shape index (κ2) is 11.5. The first-order chi connectivity index (χ1) is 14.7. The Bertz CT molecular complexity index is 1010. The van der Waals surface area contributed by atoms with Gasteiger partial charge in [-0.25, -0.2) is 8.42 Å². The zero-order chi connectivity index (χ0) is 23.0. The highest BCUT2D eigenvalue weighted by Crippen LogP contribution is 2.29. The number of carbonyl (C=O) groups is 1. The van der Waals surface area contributed by atoms with E-state index < -0.39 is 10.0 Å². The lowest BCUT2D eigenvalue weighted by atomic mass is 10.2. The molecule has 2 rings (SSSR count). The Kier molecular flexibility index (Phi) is 9.40. The highest BCUT2D eigenvalue weighted by atomic mass is 32.2. The topological polar surface area (TPSA) is 72.9 Å². The molecule has 0 fully saturated rings. The van der Waals surface area contributed by atoms with Crippen LogP contribution < -0.4 is 9.47 Å². The van der Waals surface area contributed by atoms with Gasteiger partial charge in [-0.05, 0) is 68.7 Å². The van der Waals surface area contributed by atoms with Gasteiger partial charge in [-0.2, -0.15) is 4.31 Å². The number of ketones is 1. The molecule has 0 radical (unpaired) electrons. The molecule has 31 heavy (non-hydrogen) atoms. The number of sulfonamides is 1. The summed E-state index contributed by atoms with van der Waals surface area (Å²) in [4.78, 5) is 12.3. The van der Waals surface area contributed by atoms with Gasteiger partial charge in [0, 0.05) is 23.7 Å². The van der Waals surface area contributed by atoms with Crippen LogP contribution in [0.4, 0.5) is 0 Å². The molecule has 6 nitrogen and oxygen atoms in total. The summed E-state index contributed by atoms with van der Waals surface area (Å²) in [6.07, 6.45) is 0.722. The summed E-state index contributed by atoms with van der Waals surface area (Å²) in [7, 11) is -2.18. The number of Topliss-reactive ketones (excluding diaryl/α,β-unsaturated/α-hetero) is 1. The van der Waals surface area contributed by atoms with Crippen LogP contribution in [-0.4, -0.2) is 51.1 Å². The van der Waals surface area contributed by atoms with Gasteiger partial charge in [0.25, 0.3) is 0 Å². The van der Waals surface area contributed by atoms with Crippen molar-refractivity contribution in [2.45, 2.75) is 43.9 Å². The normalized spacial score (nSPS) is 11.5. The Morgan fingerprint density at radius 1 is 1.06 bits per heavy atom. The van der Waals surface area contributed by atoms with E-state index in [2.05, 4.69) is 0 Å². The monoisotopic (exact) mass is 465 g/mol. The average Bonchev–Trinajstić information content (AvgIpc) is 2.72. The van der Waals surface area contributed by atoms with Gasteiger partial charge in [0.15, 0.2) is 5.78 Å². The first-order valence-electron chi connectivity index (χ1n) is 10.2. The molecule has 2 aromatic rings. The average molecular weight is 466 g/mol. The summed E-state index contributed by atoms with van der Waals surface area (Å²) in [5.41, 5.74) is 1.88. The Balaban J connectivity index is 2.09. The van der Waals surface area contributed by atoms with Crippen LogP contribution in [0.15, 0.2) is 46.2 Å². The second-order valence-corrected chi connectivity index (χ2v) is 10.4. The summed E-state index contributed by atoms with van der Waals surface area (Å²) in [5, 5.41) is 0. The Morgan fingerprint density at radius 2 is 1.81 bits per heavy atom. The lowest BCUT2D eigenvalue weighted by Crippen LogP contribution is -2.34. The molecule has 8 heteroatoms. The maximum atomic E-state index is 13.3. The van der Waals surface area contributed by atoms with Crippen LogP contribution in [0.1, 0.15) is 31.4 Å². The number of hydrogen-bond donors (Lipinski definition) is 0. The highest BCUT2D eigenvalue weighted by molar-refractivity contribution is 7.99. The van der Waals surface area contributed by atoms with Crippen molar-refractivity contribution in [1.29, 1.82) is 0 Å². The van der Waals surface area contributed by atoms with Crippen molar-refractivity contribution in [3.8, 4) is 11.5 Å². The molecule has 0 amide bonds. The molecule has 0 unspecified atom stereocenters. The number of benzene rings is 2. The zero-order valence-corrected chi connectivity index (χ0v) is 20.4. The van der Waals surface area contributed by atoms with Crippen LogP contribution in [0.2, 0.25) is 0 Å². The van der Waals surface area contributed by atoms with Gasteiger partial charge in [-0.3, -0.25) is 4.79 Å². The molecule has 0 saturated heterocycles. The van der Waals surface area contributed by atoms with Crippen molar-refractivity contribution in [2.75, 3.05) is 32.6 Å². The summed E-state index contributed by atoms with van der Waals surface area (Å²) >= 11 is 1.59. The van der Waals surface area contributed by atoms with E-state index in [4.69, 9.17) is 9.47 Å². The molecule has 0 aliphatic carbocycles. The SMILES string of the molecule is CCCN(CCSc1ccc(OCC(C)=O)c(C)c1)S(=O)(=O)c1ccc(C)cc1OC. The fourth-order valence-electron chi connectivity index (χ4n) is 3.05. The maximum Gasteiger partial charge on any atom is 0.246 e. The second-order valence-electron chi connectivity index (χ2n) is 7.32. The fraction of sp³-hybridized carbons (Fsp3) is 0.435. The minimum absolute atomic E-state index is 0.0275.